The number of carboxylic acids is 1. The van der Waals surface area contributed by atoms with Gasteiger partial charge in [-0.05, 0) is 35.8 Å². The first-order chi connectivity index (χ1) is 11.3. The molecule has 0 radical (unpaired) electrons. The summed E-state index contributed by atoms with van der Waals surface area (Å²) in [5.41, 5.74) is 0.967. The Bertz CT molecular complexity index is 841. The number of hydrogen-bond donors (Lipinski definition) is 1. The molecular weight excluding hydrogens is 406 g/mol. The number of fused-ring (bicyclic) bond motifs is 2. The molecular formula is C14H13BrClN3O5. The van der Waals surface area contributed by atoms with Crippen LogP contribution in [0.5, 0.6) is 0 Å². The largest absolute Gasteiger partial charge is 0.479 e. The third-order valence-corrected chi connectivity index (χ3v) is 4.69. The van der Waals surface area contributed by atoms with Gasteiger partial charge in [0.05, 0.1) is 11.3 Å². The molecule has 2 aromatic heterocycles. The van der Waals surface area contributed by atoms with Gasteiger partial charge < -0.3 is 19.3 Å². The molecule has 8 nitrogen and oxygen atoms in total. The van der Waals surface area contributed by atoms with Crippen molar-refractivity contribution in [2.45, 2.75) is 44.2 Å². The number of hydrogen-bond acceptors (Lipinski definition) is 6. The molecule has 0 aliphatic carbocycles. The third-order valence-electron chi connectivity index (χ3n) is 4.00. The van der Waals surface area contributed by atoms with Crippen LogP contribution < -0.4 is 0 Å². The topological polar surface area (TPSA) is 95.7 Å². The van der Waals surface area contributed by atoms with E-state index in [0.717, 1.165) is 0 Å². The summed E-state index contributed by atoms with van der Waals surface area (Å²) in [5.74, 6) is -2.00. The molecule has 2 aliphatic rings. The number of aromatic nitrogens is 3. The minimum atomic E-state index is -1.14. The van der Waals surface area contributed by atoms with Gasteiger partial charge >= 0.3 is 5.97 Å². The SMILES string of the molecule is CC1(C)O[C@@H]2[C@H](O1)[C@@H](C(=O)O)O[C@H]2n1cnc2c(Cl)cc(Br)nc21. The van der Waals surface area contributed by atoms with Gasteiger partial charge in [-0.3, -0.25) is 4.57 Å². The molecule has 2 fully saturated rings. The Labute approximate surface area is 149 Å². The lowest BCUT2D eigenvalue weighted by atomic mass is 10.1. The van der Waals surface area contributed by atoms with Crippen LogP contribution in [0.1, 0.15) is 20.1 Å². The minimum absolute atomic E-state index is 0.430. The zero-order valence-electron chi connectivity index (χ0n) is 12.6. The number of nitrogens with zero attached hydrogens (tertiary/aromatic N) is 3. The molecule has 0 saturated carbocycles. The first-order valence-electron chi connectivity index (χ1n) is 7.19. The lowest BCUT2D eigenvalue weighted by Gasteiger charge is -2.23. The van der Waals surface area contributed by atoms with Crippen LogP contribution >= 0.6 is 27.5 Å². The summed E-state index contributed by atoms with van der Waals surface area (Å²) in [4.78, 5) is 20.1. The van der Waals surface area contributed by atoms with E-state index in [0.29, 0.717) is 20.8 Å². The van der Waals surface area contributed by atoms with E-state index in [1.807, 2.05) is 0 Å². The van der Waals surface area contributed by atoms with Crippen molar-refractivity contribution in [3.05, 3.63) is 22.0 Å². The Balaban J connectivity index is 1.80. The van der Waals surface area contributed by atoms with Gasteiger partial charge in [0.2, 0.25) is 0 Å². The fourth-order valence-corrected chi connectivity index (χ4v) is 3.89. The molecule has 0 spiro atoms. The van der Waals surface area contributed by atoms with E-state index in [1.54, 1.807) is 24.5 Å². The van der Waals surface area contributed by atoms with Gasteiger partial charge in [0.25, 0.3) is 0 Å². The molecule has 128 valence electrons. The maximum atomic E-state index is 11.5. The zero-order valence-corrected chi connectivity index (χ0v) is 15.0. The Hall–Kier alpha value is -1.26. The van der Waals surface area contributed by atoms with Gasteiger partial charge in [-0.15, -0.1) is 0 Å². The predicted molar refractivity (Wildman–Crippen MR) is 85.6 cm³/mol. The molecule has 10 heteroatoms. The predicted octanol–water partition coefficient (Wildman–Crippen LogP) is 2.35. The van der Waals surface area contributed by atoms with Crippen molar-refractivity contribution >= 4 is 44.7 Å². The van der Waals surface area contributed by atoms with Crippen LogP contribution in [0, 0.1) is 0 Å². The number of imidazole rings is 1. The molecule has 2 saturated heterocycles. The fourth-order valence-electron chi connectivity index (χ4n) is 3.13. The molecule has 2 aliphatic heterocycles. The van der Waals surface area contributed by atoms with E-state index < -0.39 is 36.3 Å². The van der Waals surface area contributed by atoms with Crippen molar-refractivity contribution in [1.82, 2.24) is 14.5 Å². The van der Waals surface area contributed by atoms with E-state index in [4.69, 9.17) is 25.8 Å². The van der Waals surface area contributed by atoms with Crippen LogP contribution in [0.15, 0.2) is 17.0 Å². The molecule has 4 heterocycles. The van der Waals surface area contributed by atoms with Crippen molar-refractivity contribution in [1.29, 1.82) is 0 Å². The number of ether oxygens (including phenoxy) is 3. The number of rotatable bonds is 2. The van der Waals surface area contributed by atoms with Crippen LogP contribution in [0.25, 0.3) is 11.2 Å². The highest BCUT2D eigenvalue weighted by Gasteiger charge is 2.58. The summed E-state index contributed by atoms with van der Waals surface area (Å²) in [6.07, 6.45) is -1.68. The Morgan fingerprint density at radius 2 is 2.12 bits per heavy atom. The van der Waals surface area contributed by atoms with Crippen LogP contribution in [0.2, 0.25) is 5.02 Å². The number of carbonyl (C=O) groups is 1. The van der Waals surface area contributed by atoms with Crippen molar-refractivity contribution in [2.24, 2.45) is 0 Å². The van der Waals surface area contributed by atoms with Gasteiger partial charge in [-0.1, -0.05) is 11.6 Å². The molecule has 0 unspecified atom stereocenters. The zero-order chi connectivity index (χ0) is 17.2. The van der Waals surface area contributed by atoms with Gasteiger partial charge in [-0.2, -0.15) is 0 Å². The second-order valence-corrected chi connectivity index (χ2v) is 7.32. The smallest absolute Gasteiger partial charge is 0.335 e. The van der Waals surface area contributed by atoms with Gasteiger partial charge in [0, 0.05) is 0 Å². The Kier molecular flexibility index (Phi) is 3.63. The van der Waals surface area contributed by atoms with E-state index in [2.05, 4.69) is 25.9 Å². The van der Waals surface area contributed by atoms with Gasteiger partial charge in [0.1, 0.15) is 22.3 Å². The summed E-state index contributed by atoms with van der Waals surface area (Å²) in [5, 5.41) is 9.85. The van der Waals surface area contributed by atoms with E-state index >= 15 is 0 Å². The molecule has 0 aromatic carbocycles. The monoisotopic (exact) mass is 417 g/mol. The fraction of sp³-hybridized carbons (Fsp3) is 0.500. The highest BCUT2D eigenvalue weighted by Crippen LogP contribution is 2.44. The summed E-state index contributed by atoms with van der Waals surface area (Å²) < 4.78 is 19.4. The number of halogens is 2. The van der Waals surface area contributed by atoms with Crippen LogP contribution in [0.3, 0.4) is 0 Å². The number of aliphatic carboxylic acids is 1. The quantitative estimate of drug-likeness (QED) is 0.748. The molecule has 0 bridgehead atoms. The first-order valence-corrected chi connectivity index (χ1v) is 8.36. The summed E-state index contributed by atoms with van der Waals surface area (Å²) in [7, 11) is 0. The van der Waals surface area contributed by atoms with Gasteiger partial charge in [0.15, 0.2) is 23.8 Å². The van der Waals surface area contributed by atoms with Crippen molar-refractivity contribution in [3.63, 3.8) is 0 Å². The first kappa shape index (κ1) is 16.2. The van der Waals surface area contributed by atoms with Crippen molar-refractivity contribution < 1.29 is 24.1 Å². The van der Waals surface area contributed by atoms with E-state index in [9.17, 15) is 9.90 Å². The Morgan fingerprint density at radius 3 is 2.83 bits per heavy atom. The van der Waals surface area contributed by atoms with Crippen LogP contribution in [0.4, 0.5) is 0 Å². The van der Waals surface area contributed by atoms with Gasteiger partial charge in [-0.25, -0.2) is 14.8 Å². The second kappa shape index (κ2) is 5.37. The van der Waals surface area contributed by atoms with Crippen LogP contribution in [-0.2, 0) is 19.0 Å². The normalized spacial score (nSPS) is 31.5. The molecule has 1 N–H and O–H groups in total. The average Bonchev–Trinajstić information content (AvgIpc) is 3.09. The van der Waals surface area contributed by atoms with Crippen LogP contribution in [-0.4, -0.2) is 49.7 Å². The molecule has 24 heavy (non-hydrogen) atoms. The molecule has 4 atom stereocenters. The van der Waals surface area contributed by atoms with E-state index in [-0.39, 0.29) is 0 Å². The second-order valence-electron chi connectivity index (χ2n) is 6.10. The lowest BCUT2D eigenvalue weighted by Crippen LogP contribution is -2.35. The maximum absolute atomic E-state index is 11.5. The lowest BCUT2D eigenvalue weighted by molar-refractivity contribution is -0.202. The molecule has 0 amide bonds. The van der Waals surface area contributed by atoms with Crippen molar-refractivity contribution in [3.8, 4) is 0 Å². The Morgan fingerprint density at radius 1 is 1.42 bits per heavy atom. The van der Waals surface area contributed by atoms with Crippen molar-refractivity contribution in [2.75, 3.05) is 0 Å². The highest BCUT2D eigenvalue weighted by molar-refractivity contribution is 9.10. The summed E-state index contributed by atoms with van der Waals surface area (Å²) in [6, 6.07) is 1.64. The molecule has 2 aromatic rings. The summed E-state index contributed by atoms with van der Waals surface area (Å²) in [6.45, 7) is 3.47. The van der Waals surface area contributed by atoms with E-state index in [1.165, 1.54) is 6.33 Å². The minimum Gasteiger partial charge on any atom is -0.479 e. The standard InChI is InChI=1S/C14H13BrClN3O5/c1-14(2)23-8-9(24-14)12(22-10(8)13(20)21)19-4-17-7-5(16)3-6(15)18-11(7)19/h3-4,8-10,12H,1-2H3,(H,20,21)/t8-,9+,10-,12+/m0/s1. The molecule has 4 rings (SSSR count). The number of carboxylic acid groups (broad SMARTS) is 1. The maximum Gasteiger partial charge on any atom is 0.335 e. The average molecular weight is 419 g/mol. The highest BCUT2D eigenvalue weighted by atomic mass is 79.9. The summed E-state index contributed by atoms with van der Waals surface area (Å²) >= 11 is 9.47. The third kappa shape index (κ3) is 2.42. The number of pyridine rings is 1.